The molecule has 4 heteroatoms. The van der Waals surface area contributed by atoms with E-state index in [-0.39, 0.29) is 24.0 Å². The van der Waals surface area contributed by atoms with Crippen LogP contribution in [0.15, 0.2) is 24.3 Å². The van der Waals surface area contributed by atoms with Crippen LogP contribution in [0, 0.1) is 0 Å². The number of benzene rings is 1. The van der Waals surface area contributed by atoms with Crippen molar-refractivity contribution in [1.29, 1.82) is 0 Å². The lowest BCUT2D eigenvalue weighted by Gasteiger charge is -2.19. The lowest BCUT2D eigenvalue weighted by Crippen LogP contribution is -2.35. The predicted molar refractivity (Wildman–Crippen MR) is 82.6 cm³/mol. The van der Waals surface area contributed by atoms with Gasteiger partial charge in [-0.3, -0.25) is 4.79 Å². The third-order valence-electron chi connectivity index (χ3n) is 3.64. The standard InChI is InChI=1S/C17H25NO3/c1-17(2,3)13-6-8-14(9-7-13)21-12-16(19)18-11-15-5-4-10-20-15/h6-9,15H,4-5,10-12H2,1-3H3,(H,18,19)/t15-/m1/s1. The van der Waals surface area contributed by atoms with Gasteiger partial charge in [-0.15, -0.1) is 0 Å². The second kappa shape index (κ2) is 6.94. The maximum atomic E-state index is 11.7. The van der Waals surface area contributed by atoms with E-state index in [1.807, 2.05) is 24.3 Å². The highest BCUT2D eigenvalue weighted by molar-refractivity contribution is 5.77. The van der Waals surface area contributed by atoms with E-state index >= 15 is 0 Å². The van der Waals surface area contributed by atoms with Gasteiger partial charge in [0.25, 0.3) is 5.91 Å². The van der Waals surface area contributed by atoms with E-state index in [2.05, 4.69) is 26.1 Å². The molecule has 1 amide bonds. The van der Waals surface area contributed by atoms with Gasteiger partial charge in [0.05, 0.1) is 6.10 Å². The Morgan fingerprint density at radius 2 is 2.05 bits per heavy atom. The molecule has 0 radical (unpaired) electrons. The molecule has 1 aromatic rings. The average molecular weight is 291 g/mol. The molecule has 1 atom stereocenters. The first-order valence-electron chi connectivity index (χ1n) is 7.57. The van der Waals surface area contributed by atoms with Gasteiger partial charge in [0.15, 0.2) is 6.61 Å². The number of rotatable bonds is 5. The molecule has 0 saturated carbocycles. The first-order valence-corrected chi connectivity index (χ1v) is 7.57. The molecule has 116 valence electrons. The molecule has 1 N–H and O–H groups in total. The number of carbonyl (C=O) groups excluding carboxylic acids is 1. The van der Waals surface area contributed by atoms with Gasteiger partial charge in [-0.2, -0.15) is 0 Å². The molecule has 4 nitrogen and oxygen atoms in total. The molecule has 1 saturated heterocycles. The van der Waals surface area contributed by atoms with Crippen LogP contribution in [0.1, 0.15) is 39.2 Å². The lowest BCUT2D eigenvalue weighted by molar-refractivity contribution is -0.123. The van der Waals surface area contributed by atoms with E-state index in [0.717, 1.165) is 25.2 Å². The number of hydrogen-bond donors (Lipinski definition) is 1. The summed E-state index contributed by atoms with van der Waals surface area (Å²) >= 11 is 0. The van der Waals surface area contributed by atoms with Gasteiger partial charge in [-0.1, -0.05) is 32.9 Å². The van der Waals surface area contributed by atoms with E-state index in [4.69, 9.17) is 9.47 Å². The topological polar surface area (TPSA) is 47.6 Å². The van der Waals surface area contributed by atoms with Gasteiger partial charge < -0.3 is 14.8 Å². The van der Waals surface area contributed by atoms with E-state index in [0.29, 0.717) is 6.54 Å². The van der Waals surface area contributed by atoms with Crippen LogP contribution in [-0.2, 0) is 14.9 Å². The third-order valence-corrected chi connectivity index (χ3v) is 3.64. The van der Waals surface area contributed by atoms with Crippen LogP contribution in [0.5, 0.6) is 5.75 Å². The van der Waals surface area contributed by atoms with Gasteiger partial charge in [0.1, 0.15) is 5.75 Å². The highest BCUT2D eigenvalue weighted by Gasteiger charge is 2.16. The fourth-order valence-electron chi connectivity index (χ4n) is 2.28. The van der Waals surface area contributed by atoms with Gasteiger partial charge in [0.2, 0.25) is 0 Å². The van der Waals surface area contributed by atoms with Crippen LogP contribution in [0.3, 0.4) is 0 Å². The molecule has 1 aliphatic rings. The first-order chi connectivity index (χ1) is 9.95. The van der Waals surface area contributed by atoms with Crippen LogP contribution in [0.25, 0.3) is 0 Å². The molecule has 21 heavy (non-hydrogen) atoms. The van der Waals surface area contributed by atoms with Crippen molar-refractivity contribution in [2.24, 2.45) is 0 Å². The molecule has 0 unspecified atom stereocenters. The second-order valence-corrected chi connectivity index (χ2v) is 6.50. The normalized spacial score (nSPS) is 18.5. The van der Waals surface area contributed by atoms with Crippen LogP contribution < -0.4 is 10.1 Å². The van der Waals surface area contributed by atoms with Gasteiger partial charge >= 0.3 is 0 Å². The Bertz CT molecular complexity index is 456. The van der Waals surface area contributed by atoms with Crippen LogP contribution >= 0.6 is 0 Å². The molecular weight excluding hydrogens is 266 g/mol. The predicted octanol–water partition coefficient (Wildman–Crippen LogP) is 2.66. The first kappa shape index (κ1) is 15.8. The van der Waals surface area contributed by atoms with E-state index in [9.17, 15) is 4.79 Å². The van der Waals surface area contributed by atoms with Crippen molar-refractivity contribution in [3.05, 3.63) is 29.8 Å². The Balaban J connectivity index is 1.73. The number of hydrogen-bond acceptors (Lipinski definition) is 3. The van der Waals surface area contributed by atoms with Gasteiger partial charge in [-0.05, 0) is 36.0 Å². The largest absolute Gasteiger partial charge is 0.484 e. The van der Waals surface area contributed by atoms with Crippen LogP contribution in [0.4, 0.5) is 0 Å². The molecule has 1 fully saturated rings. The van der Waals surface area contributed by atoms with Crippen molar-refractivity contribution >= 4 is 5.91 Å². The van der Waals surface area contributed by atoms with Crippen molar-refractivity contribution in [2.45, 2.75) is 45.1 Å². The summed E-state index contributed by atoms with van der Waals surface area (Å²) in [6, 6.07) is 7.90. The van der Waals surface area contributed by atoms with E-state index in [1.165, 1.54) is 5.56 Å². The zero-order chi connectivity index (χ0) is 15.3. The highest BCUT2D eigenvalue weighted by Crippen LogP contribution is 2.24. The molecule has 2 rings (SSSR count). The second-order valence-electron chi connectivity index (χ2n) is 6.50. The molecule has 0 aliphatic carbocycles. The van der Waals surface area contributed by atoms with Crippen molar-refractivity contribution in [3.8, 4) is 5.75 Å². The number of nitrogens with one attached hydrogen (secondary N) is 1. The third kappa shape index (κ3) is 5.05. The fourth-order valence-corrected chi connectivity index (χ4v) is 2.28. The number of ether oxygens (including phenoxy) is 2. The van der Waals surface area contributed by atoms with Crippen molar-refractivity contribution in [1.82, 2.24) is 5.32 Å². The zero-order valence-electron chi connectivity index (χ0n) is 13.1. The van der Waals surface area contributed by atoms with Gasteiger partial charge in [0, 0.05) is 13.2 Å². The molecule has 0 bridgehead atoms. The molecule has 0 spiro atoms. The van der Waals surface area contributed by atoms with Gasteiger partial charge in [-0.25, -0.2) is 0 Å². The summed E-state index contributed by atoms with van der Waals surface area (Å²) in [5.74, 6) is 0.612. The lowest BCUT2D eigenvalue weighted by atomic mass is 9.87. The molecule has 0 aromatic heterocycles. The summed E-state index contributed by atoms with van der Waals surface area (Å²) in [7, 11) is 0. The molecule has 1 aromatic carbocycles. The Hall–Kier alpha value is -1.55. The Labute approximate surface area is 126 Å². The van der Waals surface area contributed by atoms with E-state index < -0.39 is 0 Å². The SMILES string of the molecule is CC(C)(C)c1ccc(OCC(=O)NC[C@H]2CCCO2)cc1. The smallest absolute Gasteiger partial charge is 0.258 e. The summed E-state index contributed by atoms with van der Waals surface area (Å²) in [5.41, 5.74) is 1.37. The zero-order valence-corrected chi connectivity index (χ0v) is 13.1. The monoisotopic (exact) mass is 291 g/mol. The van der Waals surface area contributed by atoms with Crippen LogP contribution in [0.2, 0.25) is 0 Å². The van der Waals surface area contributed by atoms with Crippen molar-refractivity contribution < 1.29 is 14.3 Å². The maximum Gasteiger partial charge on any atom is 0.258 e. The summed E-state index contributed by atoms with van der Waals surface area (Å²) < 4.78 is 11.0. The summed E-state index contributed by atoms with van der Waals surface area (Å²) in [6.07, 6.45) is 2.27. The Kier molecular flexibility index (Phi) is 5.23. The average Bonchev–Trinajstić information content (AvgIpc) is 2.95. The summed E-state index contributed by atoms with van der Waals surface area (Å²) in [5, 5.41) is 2.84. The number of amides is 1. The minimum Gasteiger partial charge on any atom is -0.484 e. The molecule has 1 aliphatic heterocycles. The van der Waals surface area contributed by atoms with Crippen molar-refractivity contribution in [3.63, 3.8) is 0 Å². The Morgan fingerprint density at radius 1 is 1.33 bits per heavy atom. The molecule has 1 heterocycles. The highest BCUT2D eigenvalue weighted by atomic mass is 16.5. The Morgan fingerprint density at radius 3 is 2.62 bits per heavy atom. The minimum absolute atomic E-state index is 0.0432. The summed E-state index contributed by atoms with van der Waals surface area (Å²) in [4.78, 5) is 11.7. The number of carbonyl (C=O) groups is 1. The fraction of sp³-hybridized carbons (Fsp3) is 0.588. The minimum atomic E-state index is -0.106. The maximum absolute atomic E-state index is 11.7. The van der Waals surface area contributed by atoms with Crippen LogP contribution in [-0.4, -0.2) is 31.8 Å². The van der Waals surface area contributed by atoms with E-state index in [1.54, 1.807) is 0 Å². The summed E-state index contributed by atoms with van der Waals surface area (Å²) in [6.45, 7) is 7.92. The quantitative estimate of drug-likeness (QED) is 0.907. The molecular formula is C17H25NO3. The van der Waals surface area contributed by atoms with Crippen molar-refractivity contribution in [2.75, 3.05) is 19.8 Å².